The smallest absolute Gasteiger partial charge is 0.283 e. The fourth-order valence-corrected chi connectivity index (χ4v) is 3.69. The molecule has 4 aromatic rings. The summed E-state index contributed by atoms with van der Waals surface area (Å²) in [7, 11) is 1.82. The summed E-state index contributed by atoms with van der Waals surface area (Å²) in [5, 5.41) is 4.67. The van der Waals surface area contributed by atoms with Crippen molar-refractivity contribution in [3.63, 3.8) is 0 Å². The molecule has 10 heteroatoms. The van der Waals surface area contributed by atoms with E-state index in [4.69, 9.17) is 12.2 Å². The molecule has 2 aromatic carbocycles. The number of alkyl halides is 3. The molecule has 0 unspecified atom stereocenters. The lowest BCUT2D eigenvalue weighted by Crippen LogP contribution is -2.22. The number of pyridine rings is 1. The summed E-state index contributed by atoms with van der Waals surface area (Å²) in [6, 6.07) is 14.6. The van der Waals surface area contributed by atoms with E-state index in [1.54, 1.807) is 45.9 Å². The lowest BCUT2D eigenvalue weighted by atomic mass is 10.1. The highest BCUT2D eigenvalue weighted by Crippen LogP contribution is 2.29. The first-order valence-electron chi connectivity index (χ1n) is 9.93. The van der Waals surface area contributed by atoms with Crippen molar-refractivity contribution >= 4 is 12.2 Å². The predicted molar refractivity (Wildman–Crippen MR) is 118 cm³/mol. The zero-order valence-electron chi connectivity index (χ0n) is 17.5. The zero-order chi connectivity index (χ0) is 23.6. The van der Waals surface area contributed by atoms with Gasteiger partial charge in [-0.2, -0.15) is 13.2 Å². The standard InChI is InChI=1S/C23H19F4N5S/c1-30(14-16-2-4-18(5-3-16)23(25,26)27)15-31-22(33)32(20-8-6-19(24)7-9-20)21(29-31)17-10-12-28-13-11-17/h2-13H,14-15H2,1H3. The summed E-state index contributed by atoms with van der Waals surface area (Å²) in [6.45, 7) is 0.694. The van der Waals surface area contributed by atoms with Gasteiger partial charge in [0.2, 0.25) is 4.77 Å². The number of aromatic nitrogens is 4. The third-order valence-corrected chi connectivity index (χ3v) is 5.37. The maximum absolute atomic E-state index is 13.5. The number of rotatable bonds is 6. The molecule has 0 fully saturated rings. The number of hydrogen-bond acceptors (Lipinski definition) is 4. The topological polar surface area (TPSA) is 38.9 Å². The third-order valence-electron chi connectivity index (χ3n) is 4.97. The molecule has 0 aliphatic heterocycles. The first-order chi connectivity index (χ1) is 15.7. The quantitative estimate of drug-likeness (QED) is 0.266. The molecule has 2 heterocycles. The molecule has 170 valence electrons. The summed E-state index contributed by atoms with van der Waals surface area (Å²) >= 11 is 5.67. The molecule has 0 bridgehead atoms. The summed E-state index contributed by atoms with van der Waals surface area (Å²) in [5.74, 6) is 0.205. The summed E-state index contributed by atoms with van der Waals surface area (Å²) in [5.41, 5.74) is 1.48. The second-order valence-electron chi connectivity index (χ2n) is 7.50. The van der Waals surface area contributed by atoms with Crippen molar-refractivity contribution in [2.45, 2.75) is 19.4 Å². The van der Waals surface area contributed by atoms with Crippen molar-refractivity contribution in [1.29, 1.82) is 0 Å². The van der Waals surface area contributed by atoms with Crippen LogP contribution >= 0.6 is 12.2 Å². The highest BCUT2D eigenvalue weighted by molar-refractivity contribution is 7.71. The van der Waals surface area contributed by atoms with Gasteiger partial charge in [0, 0.05) is 24.5 Å². The number of hydrogen-bond donors (Lipinski definition) is 0. The van der Waals surface area contributed by atoms with Gasteiger partial charge in [-0.1, -0.05) is 12.1 Å². The minimum atomic E-state index is -4.37. The van der Waals surface area contributed by atoms with Crippen LogP contribution in [0.25, 0.3) is 17.1 Å². The normalized spacial score (nSPS) is 11.8. The molecule has 2 aromatic heterocycles. The molecule has 4 rings (SSSR count). The molecule has 0 radical (unpaired) electrons. The van der Waals surface area contributed by atoms with E-state index in [1.165, 1.54) is 24.3 Å². The molecule has 0 saturated heterocycles. The Morgan fingerprint density at radius 3 is 2.18 bits per heavy atom. The third kappa shape index (κ3) is 5.18. The van der Waals surface area contributed by atoms with Crippen molar-refractivity contribution in [2.75, 3.05) is 7.05 Å². The molecule has 0 amide bonds. The molecule has 0 aliphatic carbocycles. The van der Waals surface area contributed by atoms with Gasteiger partial charge in [0.05, 0.1) is 17.9 Å². The first-order valence-corrected chi connectivity index (χ1v) is 10.3. The van der Waals surface area contributed by atoms with Crippen LogP contribution in [0, 0.1) is 10.6 Å². The van der Waals surface area contributed by atoms with E-state index in [0.29, 0.717) is 29.5 Å². The second-order valence-corrected chi connectivity index (χ2v) is 7.87. The molecule has 33 heavy (non-hydrogen) atoms. The Bertz CT molecular complexity index is 1280. The van der Waals surface area contributed by atoms with Crippen molar-refractivity contribution in [1.82, 2.24) is 24.2 Å². The van der Waals surface area contributed by atoms with Gasteiger partial charge in [0.25, 0.3) is 0 Å². The van der Waals surface area contributed by atoms with Crippen LogP contribution < -0.4 is 0 Å². The summed E-state index contributed by atoms with van der Waals surface area (Å²) in [4.78, 5) is 5.92. The molecule has 0 atom stereocenters. The fourth-order valence-electron chi connectivity index (χ4n) is 3.40. The van der Waals surface area contributed by atoms with Crippen LogP contribution in [0.5, 0.6) is 0 Å². The highest BCUT2D eigenvalue weighted by Gasteiger charge is 2.30. The fraction of sp³-hybridized carbons (Fsp3) is 0.174. The molecule has 5 nitrogen and oxygen atoms in total. The van der Waals surface area contributed by atoms with Gasteiger partial charge < -0.3 is 0 Å². The molecule has 0 N–H and O–H groups in total. The Balaban J connectivity index is 1.63. The minimum absolute atomic E-state index is 0.298. The minimum Gasteiger partial charge on any atom is -0.283 e. The Morgan fingerprint density at radius 2 is 1.58 bits per heavy atom. The van der Waals surface area contributed by atoms with Crippen LogP contribution in [-0.2, 0) is 19.4 Å². The van der Waals surface area contributed by atoms with E-state index in [1.807, 2.05) is 11.9 Å². The second kappa shape index (κ2) is 9.24. The van der Waals surface area contributed by atoms with Crippen LogP contribution in [0.1, 0.15) is 11.1 Å². The van der Waals surface area contributed by atoms with E-state index in [-0.39, 0.29) is 5.82 Å². The van der Waals surface area contributed by atoms with E-state index in [0.717, 1.165) is 23.3 Å². The number of halogens is 4. The van der Waals surface area contributed by atoms with Crippen LogP contribution in [0.4, 0.5) is 17.6 Å². The van der Waals surface area contributed by atoms with E-state index in [9.17, 15) is 17.6 Å². The molecular weight excluding hydrogens is 454 g/mol. The van der Waals surface area contributed by atoms with E-state index >= 15 is 0 Å². The van der Waals surface area contributed by atoms with Crippen molar-refractivity contribution in [3.8, 4) is 17.1 Å². The van der Waals surface area contributed by atoms with Gasteiger partial charge in [-0.15, -0.1) is 5.10 Å². The van der Waals surface area contributed by atoms with Gasteiger partial charge in [0.15, 0.2) is 5.82 Å². The van der Waals surface area contributed by atoms with Crippen molar-refractivity contribution < 1.29 is 17.6 Å². The van der Waals surface area contributed by atoms with Gasteiger partial charge in [-0.25, -0.2) is 9.07 Å². The summed E-state index contributed by atoms with van der Waals surface area (Å²) < 4.78 is 55.6. The van der Waals surface area contributed by atoms with Crippen molar-refractivity contribution in [2.24, 2.45) is 0 Å². The van der Waals surface area contributed by atoms with Gasteiger partial charge in [-0.05, 0) is 73.4 Å². The Morgan fingerprint density at radius 1 is 0.939 bits per heavy atom. The van der Waals surface area contributed by atoms with E-state index < -0.39 is 11.7 Å². The molecular formula is C23H19F4N5S. The monoisotopic (exact) mass is 473 g/mol. The summed E-state index contributed by atoms with van der Waals surface area (Å²) in [6.07, 6.45) is -1.08. The Hall–Kier alpha value is -3.37. The maximum atomic E-state index is 13.5. The average Bonchev–Trinajstić information content (AvgIpc) is 3.10. The van der Waals surface area contributed by atoms with Crippen LogP contribution in [-0.4, -0.2) is 31.3 Å². The predicted octanol–water partition coefficient (Wildman–Crippen LogP) is 5.71. The molecule has 0 aliphatic rings. The van der Waals surface area contributed by atoms with Crippen molar-refractivity contribution in [3.05, 3.63) is 94.8 Å². The van der Waals surface area contributed by atoms with Crippen LogP contribution in [0.3, 0.4) is 0 Å². The number of benzene rings is 2. The highest BCUT2D eigenvalue weighted by atomic mass is 32.1. The SMILES string of the molecule is CN(Cc1ccc(C(F)(F)F)cc1)Cn1nc(-c2ccncc2)n(-c2ccc(F)cc2)c1=S. The van der Waals surface area contributed by atoms with Crippen LogP contribution in [0.2, 0.25) is 0 Å². The van der Waals surface area contributed by atoms with Gasteiger partial charge >= 0.3 is 6.18 Å². The lowest BCUT2D eigenvalue weighted by molar-refractivity contribution is -0.137. The lowest BCUT2D eigenvalue weighted by Gasteiger charge is -2.17. The van der Waals surface area contributed by atoms with Gasteiger partial charge in [0.1, 0.15) is 5.82 Å². The maximum Gasteiger partial charge on any atom is 0.416 e. The average molecular weight is 473 g/mol. The molecule has 0 spiro atoms. The number of nitrogens with zero attached hydrogens (tertiary/aromatic N) is 5. The van der Waals surface area contributed by atoms with Crippen LogP contribution in [0.15, 0.2) is 73.1 Å². The Labute approximate surface area is 192 Å². The van der Waals surface area contributed by atoms with E-state index in [2.05, 4.69) is 10.1 Å². The van der Waals surface area contributed by atoms with Gasteiger partial charge in [-0.3, -0.25) is 14.5 Å². The zero-order valence-corrected chi connectivity index (χ0v) is 18.3. The Kier molecular flexibility index (Phi) is 6.39. The first kappa shape index (κ1) is 22.8. The molecule has 0 saturated carbocycles. The largest absolute Gasteiger partial charge is 0.416 e.